The van der Waals surface area contributed by atoms with Gasteiger partial charge in [0.05, 0.1) is 17.3 Å². The van der Waals surface area contributed by atoms with Crippen molar-refractivity contribution in [3.8, 4) is 0 Å². The molecule has 2 nitrogen and oxygen atoms in total. The topological polar surface area (TPSA) is 22.1 Å². The molecule has 1 aromatic rings. The lowest BCUT2D eigenvalue weighted by molar-refractivity contribution is 0.262. The van der Waals surface area contributed by atoms with Crippen molar-refractivity contribution in [2.75, 3.05) is 0 Å². The monoisotopic (exact) mass is 299 g/mol. The summed E-state index contributed by atoms with van der Waals surface area (Å²) in [6.07, 6.45) is 1.77. The molecule has 0 unspecified atom stereocenters. The van der Waals surface area contributed by atoms with Crippen molar-refractivity contribution in [1.82, 2.24) is 4.98 Å². The van der Waals surface area contributed by atoms with Gasteiger partial charge in [-0.2, -0.15) is 0 Å². The summed E-state index contributed by atoms with van der Waals surface area (Å²) in [5, 5.41) is 0.696. The van der Waals surface area contributed by atoms with E-state index in [4.69, 9.17) is 16.0 Å². The first-order valence-corrected chi connectivity index (χ1v) is 9.57. The average Bonchev–Trinajstić information content (AvgIpc) is 2.30. The molecule has 0 atom stereocenters. The smallest absolute Gasteiger partial charge is 0.200 e. The molecule has 1 heterocycles. The third kappa shape index (κ3) is 3.59. The standard InChI is InChI=1S/C15H26ClNOSi/c1-11(2)19(12(3)4,13(5)6)18-10-15-14(16)8-7-9-17-15/h7-9,11-13H,10H2,1-6H3. The minimum Gasteiger partial charge on any atom is -0.410 e. The van der Waals surface area contributed by atoms with Gasteiger partial charge in [-0.05, 0) is 28.8 Å². The fraction of sp³-hybridized carbons (Fsp3) is 0.667. The number of nitrogens with zero attached hydrogens (tertiary/aromatic N) is 1. The minimum atomic E-state index is -1.83. The van der Waals surface area contributed by atoms with E-state index in [2.05, 4.69) is 46.5 Å². The number of hydrogen-bond acceptors (Lipinski definition) is 2. The lowest BCUT2D eigenvalue weighted by Gasteiger charge is -2.42. The highest BCUT2D eigenvalue weighted by molar-refractivity contribution is 6.77. The van der Waals surface area contributed by atoms with Gasteiger partial charge in [0.2, 0.25) is 8.32 Å². The quantitative estimate of drug-likeness (QED) is 0.654. The molecule has 0 radical (unpaired) electrons. The summed E-state index contributed by atoms with van der Waals surface area (Å²) in [5.74, 6) is 0. The van der Waals surface area contributed by atoms with Crippen LogP contribution >= 0.6 is 11.6 Å². The summed E-state index contributed by atoms with van der Waals surface area (Å²) in [5.41, 5.74) is 2.59. The molecule has 1 rings (SSSR count). The van der Waals surface area contributed by atoms with Crippen LogP contribution in [0, 0.1) is 0 Å². The van der Waals surface area contributed by atoms with Crippen LogP contribution in [0.3, 0.4) is 0 Å². The predicted octanol–water partition coefficient (Wildman–Crippen LogP) is 5.43. The van der Waals surface area contributed by atoms with Crippen LogP contribution in [0.2, 0.25) is 21.6 Å². The number of hydrogen-bond donors (Lipinski definition) is 0. The molecule has 0 aliphatic carbocycles. The minimum absolute atomic E-state index is 0.528. The van der Waals surface area contributed by atoms with Crippen LogP contribution in [0.1, 0.15) is 47.2 Å². The first-order valence-electron chi connectivity index (χ1n) is 7.05. The van der Waals surface area contributed by atoms with Crippen LogP contribution in [-0.4, -0.2) is 13.3 Å². The van der Waals surface area contributed by atoms with Gasteiger partial charge in [-0.3, -0.25) is 4.98 Å². The van der Waals surface area contributed by atoms with E-state index >= 15 is 0 Å². The van der Waals surface area contributed by atoms with Gasteiger partial charge in [0.15, 0.2) is 0 Å². The molecule has 0 bridgehead atoms. The van der Waals surface area contributed by atoms with Gasteiger partial charge < -0.3 is 4.43 Å². The Labute approximate surface area is 123 Å². The third-order valence-electron chi connectivity index (χ3n) is 4.00. The zero-order valence-electron chi connectivity index (χ0n) is 12.9. The van der Waals surface area contributed by atoms with Crippen LogP contribution in [0.5, 0.6) is 0 Å². The molecule has 0 aliphatic heterocycles. The van der Waals surface area contributed by atoms with Gasteiger partial charge in [-0.15, -0.1) is 0 Å². The molecule has 19 heavy (non-hydrogen) atoms. The second-order valence-electron chi connectivity index (χ2n) is 6.04. The van der Waals surface area contributed by atoms with Gasteiger partial charge in [-0.1, -0.05) is 53.1 Å². The van der Waals surface area contributed by atoms with Gasteiger partial charge in [0.25, 0.3) is 0 Å². The molecule has 0 amide bonds. The zero-order valence-corrected chi connectivity index (χ0v) is 14.7. The van der Waals surface area contributed by atoms with E-state index in [9.17, 15) is 0 Å². The fourth-order valence-electron chi connectivity index (χ4n) is 3.22. The van der Waals surface area contributed by atoms with Crippen molar-refractivity contribution in [3.63, 3.8) is 0 Å². The maximum absolute atomic E-state index is 6.47. The number of rotatable bonds is 6. The van der Waals surface area contributed by atoms with Gasteiger partial charge in [-0.25, -0.2) is 0 Å². The first kappa shape index (κ1) is 16.7. The van der Waals surface area contributed by atoms with Crippen molar-refractivity contribution < 1.29 is 4.43 Å². The molecule has 108 valence electrons. The Morgan fingerprint density at radius 1 is 1.11 bits per heavy atom. The average molecular weight is 300 g/mol. The van der Waals surface area contributed by atoms with Crippen LogP contribution in [0.15, 0.2) is 18.3 Å². The zero-order chi connectivity index (χ0) is 14.6. The predicted molar refractivity (Wildman–Crippen MR) is 85.1 cm³/mol. The lowest BCUT2D eigenvalue weighted by atomic mass is 10.4. The Kier molecular flexibility index (Phi) is 6.02. The van der Waals surface area contributed by atoms with Crippen molar-refractivity contribution >= 4 is 19.9 Å². The van der Waals surface area contributed by atoms with E-state index in [-0.39, 0.29) is 0 Å². The summed E-state index contributed by atoms with van der Waals surface area (Å²) >= 11 is 6.16. The summed E-state index contributed by atoms with van der Waals surface area (Å²) in [6.45, 7) is 14.2. The highest BCUT2D eigenvalue weighted by Gasteiger charge is 2.45. The van der Waals surface area contributed by atoms with E-state index in [0.29, 0.717) is 28.3 Å². The summed E-state index contributed by atoms with van der Waals surface area (Å²) < 4.78 is 6.47. The van der Waals surface area contributed by atoms with Crippen molar-refractivity contribution in [2.24, 2.45) is 0 Å². The number of halogens is 1. The molecular formula is C15H26ClNOSi. The molecule has 1 aromatic heterocycles. The highest BCUT2D eigenvalue weighted by atomic mass is 35.5. The van der Waals surface area contributed by atoms with E-state index in [1.165, 1.54) is 0 Å². The van der Waals surface area contributed by atoms with Crippen molar-refractivity contribution in [1.29, 1.82) is 0 Å². The molecular weight excluding hydrogens is 274 g/mol. The Bertz CT molecular complexity index is 385. The Morgan fingerprint density at radius 2 is 1.63 bits per heavy atom. The number of pyridine rings is 1. The van der Waals surface area contributed by atoms with Gasteiger partial charge in [0, 0.05) is 6.20 Å². The normalized spacial score (nSPS) is 12.7. The largest absolute Gasteiger partial charge is 0.410 e. The Balaban J connectivity index is 2.94. The molecule has 0 spiro atoms. The second kappa shape index (κ2) is 6.87. The maximum atomic E-state index is 6.47. The van der Waals surface area contributed by atoms with Crippen LogP contribution in [0.4, 0.5) is 0 Å². The van der Waals surface area contributed by atoms with Gasteiger partial charge >= 0.3 is 0 Å². The SMILES string of the molecule is CC(C)[Si](OCc1ncccc1Cl)(C(C)C)C(C)C. The summed E-state index contributed by atoms with van der Waals surface area (Å²) in [4.78, 5) is 4.32. The first-order chi connectivity index (χ1) is 8.82. The lowest BCUT2D eigenvalue weighted by Crippen LogP contribution is -2.47. The van der Waals surface area contributed by atoms with Crippen molar-refractivity contribution in [2.45, 2.75) is 64.8 Å². The molecule has 4 heteroatoms. The highest BCUT2D eigenvalue weighted by Crippen LogP contribution is 2.42. The summed E-state index contributed by atoms with van der Waals surface area (Å²) in [6, 6.07) is 3.72. The molecule has 0 fully saturated rings. The third-order valence-corrected chi connectivity index (χ3v) is 10.4. The molecule has 0 N–H and O–H groups in total. The van der Waals surface area contributed by atoms with E-state index in [1.807, 2.05) is 12.1 Å². The molecule has 0 saturated heterocycles. The van der Waals surface area contributed by atoms with Crippen LogP contribution in [-0.2, 0) is 11.0 Å². The van der Waals surface area contributed by atoms with Crippen molar-refractivity contribution in [3.05, 3.63) is 29.0 Å². The Morgan fingerprint density at radius 3 is 2.05 bits per heavy atom. The van der Waals surface area contributed by atoms with E-state index < -0.39 is 8.32 Å². The van der Waals surface area contributed by atoms with Crippen LogP contribution < -0.4 is 0 Å². The second-order valence-corrected chi connectivity index (χ2v) is 11.9. The molecule has 0 aliphatic rings. The van der Waals surface area contributed by atoms with E-state index in [1.54, 1.807) is 6.20 Å². The van der Waals surface area contributed by atoms with Gasteiger partial charge in [0.1, 0.15) is 0 Å². The van der Waals surface area contributed by atoms with Crippen LogP contribution in [0.25, 0.3) is 0 Å². The molecule has 0 aromatic carbocycles. The Hall–Kier alpha value is -0.383. The summed E-state index contributed by atoms with van der Waals surface area (Å²) in [7, 11) is -1.83. The number of aromatic nitrogens is 1. The maximum Gasteiger partial charge on any atom is 0.200 e. The molecule has 0 saturated carbocycles. The fourth-order valence-corrected chi connectivity index (χ4v) is 8.78. The van der Waals surface area contributed by atoms with E-state index in [0.717, 1.165) is 5.69 Å².